The van der Waals surface area contributed by atoms with Gasteiger partial charge in [0.05, 0.1) is 6.26 Å². The van der Waals surface area contributed by atoms with Crippen LogP contribution in [-0.2, 0) is 10.0 Å². The largest absolute Gasteiger partial charge is 0.296 e. The lowest BCUT2D eigenvalue weighted by molar-refractivity contribution is 0.0813. The number of nitrogens with zero attached hydrogens (tertiary/aromatic N) is 1. The lowest BCUT2D eigenvalue weighted by Gasteiger charge is -2.41. The van der Waals surface area contributed by atoms with E-state index in [4.69, 9.17) is 0 Å². The molecule has 0 amide bonds. The Labute approximate surface area is 106 Å². The van der Waals surface area contributed by atoms with Crippen LogP contribution in [0.1, 0.15) is 40.0 Å². The molecule has 1 saturated heterocycles. The monoisotopic (exact) mass is 262 g/mol. The average molecular weight is 262 g/mol. The molecule has 1 rings (SSSR count). The maximum atomic E-state index is 11.2. The van der Waals surface area contributed by atoms with E-state index in [1.54, 1.807) is 0 Å². The van der Waals surface area contributed by atoms with E-state index in [2.05, 4.69) is 30.4 Å². The summed E-state index contributed by atoms with van der Waals surface area (Å²) in [7, 11) is -3.07. The van der Waals surface area contributed by atoms with Crippen molar-refractivity contribution in [1.29, 1.82) is 0 Å². The van der Waals surface area contributed by atoms with Crippen molar-refractivity contribution in [2.24, 2.45) is 5.92 Å². The van der Waals surface area contributed by atoms with Crippen molar-refractivity contribution in [2.75, 3.05) is 19.3 Å². The van der Waals surface area contributed by atoms with Crippen LogP contribution in [0.2, 0.25) is 0 Å². The Morgan fingerprint density at radius 3 is 2.47 bits per heavy atom. The van der Waals surface area contributed by atoms with Crippen molar-refractivity contribution in [1.82, 2.24) is 9.62 Å². The first-order valence-corrected chi connectivity index (χ1v) is 8.41. The van der Waals surface area contributed by atoms with Crippen LogP contribution in [0.4, 0.5) is 0 Å². The summed E-state index contributed by atoms with van der Waals surface area (Å²) >= 11 is 0. The normalized spacial score (nSPS) is 25.1. The smallest absolute Gasteiger partial charge is 0.208 e. The van der Waals surface area contributed by atoms with Crippen LogP contribution in [-0.4, -0.2) is 44.7 Å². The lowest BCUT2D eigenvalue weighted by Crippen LogP contribution is -2.51. The summed E-state index contributed by atoms with van der Waals surface area (Å²) in [5, 5.41) is 0. The number of piperidine rings is 1. The van der Waals surface area contributed by atoms with E-state index in [9.17, 15) is 8.42 Å². The molecule has 0 bridgehead atoms. The van der Waals surface area contributed by atoms with Gasteiger partial charge in [-0.2, -0.15) is 0 Å². The minimum absolute atomic E-state index is 0.357. The third kappa shape index (κ3) is 4.94. The Kier molecular flexibility index (Phi) is 5.41. The van der Waals surface area contributed by atoms with Crippen molar-refractivity contribution in [3.63, 3.8) is 0 Å². The Bertz CT molecular complexity index is 327. The summed E-state index contributed by atoms with van der Waals surface area (Å²) < 4.78 is 25.0. The molecular formula is C12H26N2O2S. The number of likely N-dealkylation sites (tertiary alicyclic amines) is 1. The molecule has 4 nitrogen and oxygen atoms in total. The highest BCUT2D eigenvalue weighted by Gasteiger charge is 2.28. The van der Waals surface area contributed by atoms with E-state index in [1.807, 2.05) is 0 Å². The predicted octanol–water partition coefficient (Wildman–Crippen LogP) is 1.43. The number of sulfonamides is 1. The Hall–Kier alpha value is -0.130. The number of nitrogens with one attached hydrogen (secondary N) is 1. The number of hydrogen-bond donors (Lipinski definition) is 1. The fourth-order valence-electron chi connectivity index (χ4n) is 2.41. The minimum atomic E-state index is -3.07. The maximum absolute atomic E-state index is 11.2. The molecule has 1 N–H and O–H groups in total. The second-order valence-electron chi connectivity index (χ2n) is 5.49. The highest BCUT2D eigenvalue weighted by atomic mass is 32.2. The third-order valence-electron chi connectivity index (χ3n) is 3.74. The predicted molar refractivity (Wildman–Crippen MR) is 71.5 cm³/mol. The fraction of sp³-hybridized carbons (Fsp3) is 1.00. The number of rotatable bonds is 5. The van der Waals surface area contributed by atoms with Crippen LogP contribution in [0.15, 0.2) is 0 Å². The quantitative estimate of drug-likeness (QED) is 0.815. The molecule has 0 spiro atoms. The van der Waals surface area contributed by atoms with Gasteiger partial charge in [0.15, 0.2) is 0 Å². The zero-order chi connectivity index (χ0) is 13.1. The van der Waals surface area contributed by atoms with E-state index in [-0.39, 0.29) is 0 Å². The van der Waals surface area contributed by atoms with Crippen LogP contribution < -0.4 is 4.72 Å². The molecule has 1 heterocycles. The van der Waals surface area contributed by atoms with E-state index in [0.29, 0.717) is 24.5 Å². The molecule has 0 aliphatic carbocycles. The van der Waals surface area contributed by atoms with Crippen molar-refractivity contribution in [3.8, 4) is 0 Å². The molecule has 0 aromatic carbocycles. The molecule has 5 heteroatoms. The molecule has 1 aliphatic heterocycles. The van der Waals surface area contributed by atoms with Crippen molar-refractivity contribution >= 4 is 10.0 Å². The molecule has 0 radical (unpaired) electrons. The zero-order valence-corrected chi connectivity index (χ0v) is 12.3. The lowest BCUT2D eigenvalue weighted by atomic mass is 9.96. The maximum Gasteiger partial charge on any atom is 0.208 e. The van der Waals surface area contributed by atoms with Crippen LogP contribution in [0.3, 0.4) is 0 Å². The molecule has 2 unspecified atom stereocenters. The topological polar surface area (TPSA) is 49.4 Å². The van der Waals surface area contributed by atoms with Crippen LogP contribution in [0.25, 0.3) is 0 Å². The highest BCUT2D eigenvalue weighted by molar-refractivity contribution is 7.88. The van der Waals surface area contributed by atoms with Crippen LogP contribution >= 0.6 is 0 Å². The van der Waals surface area contributed by atoms with Gasteiger partial charge in [0, 0.05) is 18.6 Å². The van der Waals surface area contributed by atoms with E-state index in [1.165, 1.54) is 19.1 Å². The molecule has 1 fully saturated rings. The van der Waals surface area contributed by atoms with Crippen LogP contribution in [0.5, 0.6) is 0 Å². The van der Waals surface area contributed by atoms with Gasteiger partial charge in [-0.3, -0.25) is 4.90 Å². The second-order valence-corrected chi connectivity index (χ2v) is 7.33. The average Bonchev–Trinajstić information content (AvgIpc) is 2.24. The number of hydrogen-bond acceptors (Lipinski definition) is 3. The molecule has 0 saturated carbocycles. The van der Waals surface area contributed by atoms with Gasteiger partial charge in [0.1, 0.15) is 0 Å². The first-order valence-electron chi connectivity index (χ1n) is 6.51. The molecule has 2 atom stereocenters. The molecule has 0 aromatic rings. The third-order valence-corrected chi connectivity index (χ3v) is 4.43. The standard InChI is InChI=1S/C12H26N2O2S/c1-10(2)11(3)14-8-6-5-7-12(14)9-13-17(4,15)16/h10-13H,5-9H2,1-4H3. The van der Waals surface area contributed by atoms with Gasteiger partial charge in [-0.25, -0.2) is 13.1 Å². The van der Waals surface area contributed by atoms with E-state index in [0.717, 1.165) is 13.0 Å². The van der Waals surface area contributed by atoms with Crippen molar-refractivity contribution < 1.29 is 8.42 Å². The zero-order valence-electron chi connectivity index (χ0n) is 11.4. The Morgan fingerprint density at radius 2 is 1.94 bits per heavy atom. The summed E-state index contributed by atoms with van der Waals surface area (Å²) in [6.45, 7) is 8.33. The van der Waals surface area contributed by atoms with Gasteiger partial charge in [0.2, 0.25) is 10.0 Å². The molecule has 1 aliphatic rings. The van der Waals surface area contributed by atoms with E-state index < -0.39 is 10.0 Å². The first-order chi connectivity index (χ1) is 7.81. The Morgan fingerprint density at radius 1 is 1.29 bits per heavy atom. The summed E-state index contributed by atoms with van der Waals surface area (Å²) in [4.78, 5) is 2.46. The van der Waals surface area contributed by atoms with Crippen molar-refractivity contribution in [3.05, 3.63) is 0 Å². The van der Waals surface area contributed by atoms with Crippen LogP contribution in [0, 0.1) is 5.92 Å². The van der Waals surface area contributed by atoms with Gasteiger partial charge in [-0.15, -0.1) is 0 Å². The highest BCUT2D eigenvalue weighted by Crippen LogP contribution is 2.22. The SMILES string of the molecule is CC(C)C(C)N1CCCCC1CNS(C)(=O)=O. The summed E-state index contributed by atoms with van der Waals surface area (Å²) in [6, 6.07) is 0.873. The van der Waals surface area contributed by atoms with Crippen molar-refractivity contribution in [2.45, 2.75) is 52.1 Å². The summed E-state index contributed by atoms with van der Waals surface area (Å²) in [5.74, 6) is 0.605. The van der Waals surface area contributed by atoms with Gasteiger partial charge in [-0.1, -0.05) is 20.3 Å². The van der Waals surface area contributed by atoms with Gasteiger partial charge >= 0.3 is 0 Å². The summed E-state index contributed by atoms with van der Waals surface area (Å²) in [6.07, 6.45) is 4.76. The minimum Gasteiger partial charge on any atom is -0.296 e. The van der Waals surface area contributed by atoms with Gasteiger partial charge in [-0.05, 0) is 32.2 Å². The molecule has 102 valence electrons. The van der Waals surface area contributed by atoms with Gasteiger partial charge < -0.3 is 0 Å². The van der Waals surface area contributed by atoms with E-state index >= 15 is 0 Å². The van der Waals surface area contributed by atoms with Gasteiger partial charge in [0.25, 0.3) is 0 Å². The fourth-order valence-corrected chi connectivity index (χ4v) is 2.90. The first kappa shape index (κ1) is 14.9. The molecule has 17 heavy (non-hydrogen) atoms. The Balaban J connectivity index is 2.60. The molecule has 0 aromatic heterocycles. The second kappa shape index (κ2) is 6.16. The molecular weight excluding hydrogens is 236 g/mol. The summed E-state index contributed by atoms with van der Waals surface area (Å²) in [5.41, 5.74) is 0.